The van der Waals surface area contributed by atoms with E-state index in [0.29, 0.717) is 11.5 Å². The molecule has 7 heteroatoms. The van der Waals surface area contributed by atoms with Crippen LogP contribution in [0, 0.1) is 0 Å². The van der Waals surface area contributed by atoms with Crippen LogP contribution in [-0.2, 0) is 10.1 Å². The summed E-state index contributed by atoms with van der Waals surface area (Å²) >= 11 is 0. The molecule has 92 valence electrons. The van der Waals surface area contributed by atoms with Crippen molar-refractivity contribution in [2.24, 2.45) is 10.2 Å². The molecular formula is C11H9N3O3S. The summed E-state index contributed by atoms with van der Waals surface area (Å²) < 4.78 is 30.4. The molecule has 0 spiro atoms. The van der Waals surface area contributed by atoms with E-state index in [4.69, 9.17) is 4.55 Å². The Kier molecular flexibility index (Phi) is 3.45. The summed E-state index contributed by atoms with van der Waals surface area (Å²) in [4.78, 5) is 3.77. The molecule has 1 heterocycles. The topological polar surface area (TPSA) is 92.0 Å². The molecule has 18 heavy (non-hydrogen) atoms. The van der Waals surface area contributed by atoms with Crippen LogP contribution in [0.1, 0.15) is 0 Å². The van der Waals surface area contributed by atoms with Crippen molar-refractivity contribution in [3.8, 4) is 0 Å². The van der Waals surface area contributed by atoms with Gasteiger partial charge in [0.15, 0.2) is 5.82 Å². The van der Waals surface area contributed by atoms with Gasteiger partial charge in [-0.05, 0) is 36.4 Å². The van der Waals surface area contributed by atoms with E-state index in [1.54, 1.807) is 24.4 Å². The summed E-state index contributed by atoms with van der Waals surface area (Å²) in [7, 11) is -4.17. The van der Waals surface area contributed by atoms with Gasteiger partial charge in [-0.15, -0.1) is 10.2 Å². The second-order valence-electron chi connectivity index (χ2n) is 3.36. The van der Waals surface area contributed by atoms with Gasteiger partial charge in [0.2, 0.25) is 0 Å². The maximum absolute atomic E-state index is 10.8. The predicted molar refractivity (Wildman–Crippen MR) is 64.7 cm³/mol. The van der Waals surface area contributed by atoms with E-state index in [1.165, 1.54) is 24.3 Å². The summed E-state index contributed by atoms with van der Waals surface area (Å²) in [6, 6.07) is 10.6. The van der Waals surface area contributed by atoms with E-state index in [9.17, 15) is 8.42 Å². The molecule has 1 N–H and O–H groups in total. The Hall–Kier alpha value is -2.12. The highest BCUT2D eigenvalue weighted by Gasteiger charge is 2.07. The van der Waals surface area contributed by atoms with Crippen molar-refractivity contribution in [1.29, 1.82) is 0 Å². The second-order valence-corrected chi connectivity index (χ2v) is 4.78. The number of aromatic nitrogens is 1. The minimum absolute atomic E-state index is 0.181. The Morgan fingerprint density at radius 2 is 1.72 bits per heavy atom. The van der Waals surface area contributed by atoms with Gasteiger partial charge in [0.1, 0.15) is 0 Å². The maximum Gasteiger partial charge on any atom is 0.294 e. The molecule has 0 aliphatic carbocycles. The molecule has 2 rings (SSSR count). The second kappa shape index (κ2) is 5.03. The molecule has 0 saturated carbocycles. The Balaban J connectivity index is 2.19. The fourth-order valence-electron chi connectivity index (χ4n) is 1.21. The summed E-state index contributed by atoms with van der Waals surface area (Å²) in [5.41, 5.74) is 0.466. The van der Waals surface area contributed by atoms with Crippen LogP contribution in [-0.4, -0.2) is 18.0 Å². The number of nitrogens with zero attached hydrogens (tertiary/aromatic N) is 3. The van der Waals surface area contributed by atoms with Gasteiger partial charge in [0.25, 0.3) is 10.1 Å². The van der Waals surface area contributed by atoms with Crippen molar-refractivity contribution >= 4 is 21.6 Å². The van der Waals surface area contributed by atoms with Gasteiger partial charge < -0.3 is 0 Å². The van der Waals surface area contributed by atoms with Crippen LogP contribution < -0.4 is 0 Å². The summed E-state index contributed by atoms with van der Waals surface area (Å²) in [6.45, 7) is 0. The highest BCUT2D eigenvalue weighted by Crippen LogP contribution is 2.18. The third-order valence-electron chi connectivity index (χ3n) is 2.05. The lowest BCUT2D eigenvalue weighted by Gasteiger charge is -1.96. The molecule has 1 aromatic carbocycles. The number of hydrogen-bond donors (Lipinski definition) is 1. The van der Waals surface area contributed by atoms with Crippen LogP contribution in [0.15, 0.2) is 63.8 Å². The molecule has 0 aliphatic heterocycles. The van der Waals surface area contributed by atoms with Crippen molar-refractivity contribution in [1.82, 2.24) is 4.98 Å². The Bertz CT molecular complexity index is 652. The van der Waals surface area contributed by atoms with Crippen LogP contribution in [0.3, 0.4) is 0 Å². The van der Waals surface area contributed by atoms with E-state index in [0.717, 1.165) is 0 Å². The first kappa shape index (κ1) is 12.3. The zero-order chi connectivity index (χ0) is 13.0. The van der Waals surface area contributed by atoms with Gasteiger partial charge >= 0.3 is 0 Å². The zero-order valence-electron chi connectivity index (χ0n) is 9.13. The Morgan fingerprint density at radius 1 is 1.00 bits per heavy atom. The fourth-order valence-corrected chi connectivity index (χ4v) is 1.69. The molecule has 0 aliphatic rings. The molecular weight excluding hydrogens is 254 g/mol. The van der Waals surface area contributed by atoms with E-state index in [1.807, 2.05) is 0 Å². The third-order valence-corrected chi connectivity index (χ3v) is 2.92. The van der Waals surface area contributed by atoms with E-state index in [2.05, 4.69) is 15.2 Å². The van der Waals surface area contributed by atoms with Crippen LogP contribution >= 0.6 is 0 Å². The summed E-state index contributed by atoms with van der Waals surface area (Å²) in [5.74, 6) is 0.455. The van der Waals surface area contributed by atoms with Gasteiger partial charge in [-0.2, -0.15) is 8.42 Å². The zero-order valence-corrected chi connectivity index (χ0v) is 9.95. The predicted octanol–water partition coefficient (Wildman–Crippen LogP) is 2.74. The van der Waals surface area contributed by atoms with E-state index >= 15 is 0 Å². The maximum atomic E-state index is 10.8. The molecule has 0 radical (unpaired) electrons. The number of azo groups is 1. The molecule has 0 unspecified atom stereocenters. The SMILES string of the molecule is O=S(=O)(O)c1ccc(N=Nc2ccccn2)cc1. The van der Waals surface area contributed by atoms with Crippen molar-refractivity contribution in [2.45, 2.75) is 4.90 Å². The molecule has 0 bridgehead atoms. The fraction of sp³-hybridized carbons (Fsp3) is 0. The normalized spacial score (nSPS) is 11.8. The number of pyridine rings is 1. The number of hydrogen-bond acceptors (Lipinski definition) is 5. The van der Waals surface area contributed by atoms with Gasteiger partial charge in [0, 0.05) is 6.20 Å². The number of benzene rings is 1. The minimum Gasteiger partial charge on any atom is -0.282 e. The van der Waals surface area contributed by atoms with Crippen LogP contribution in [0.5, 0.6) is 0 Å². The van der Waals surface area contributed by atoms with Gasteiger partial charge in [0.05, 0.1) is 10.6 Å². The average molecular weight is 263 g/mol. The molecule has 0 fully saturated rings. The monoisotopic (exact) mass is 263 g/mol. The summed E-state index contributed by atoms with van der Waals surface area (Å²) in [6.07, 6.45) is 1.59. The lowest BCUT2D eigenvalue weighted by Crippen LogP contribution is -1.96. The Morgan fingerprint density at radius 3 is 2.28 bits per heavy atom. The minimum atomic E-state index is -4.17. The first-order valence-electron chi connectivity index (χ1n) is 4.96. The first-order valence-corrected chi connectivity index (χ1v) is 6.40. The standard InChI is InChI=1S/C11H9N3O3S/c15-18(16,17)10-6-4-9(5-7-10)13-14-11-3-1-2-8-12-11/h1-8H,(H,15,16,17). The highest BCUT2D eigenvalue weighted by molar-refractivity contribution is 7.85. The lowest BCUT2D eigenvalue weighted by atomic mass is 10.3. The molecule has 2 aromatic rings. The van der Waals surface area contributed by atoms with E-state index < -0.39 is 10.1 Å². The molecule has 0 amide bonds. The average Bonchev–Trinajstić information content (AvgIpc) is 2.37. The summed E-state index contributed by atoms with van der Waals surface area (Å²) in [5, 5.41) is 7.76. The first-order chi connectivity index (χ1) is 8.55. The third kappa shape index (κ3) is 3.19. The largest absolute Gasteiger partial charge is 0.294 e. The van der Waals surface area contributed by atoms with Gasteiger partial charge in [-0.1, -0.05) is 6.07 Å². The quantitative estimate of drug-likeness (QED) is 0.680. The molecule has 0 saturated heterocycles. The van der Waals surface area contributed by atoms with Crippen LogP contribution in [0.2, 0.25) is 0 Å². The molecule has 0 atom stereocenters. The van der Waals surface area contributed by atoms with Crippen LogP contribution in [0.4, 0.5) is 11.5 Å². The van der Waals surface area contributed by atoms with E-state index in [-0.39, 0.29) is 4.90 Å². The van der Waals surface area contributed by atoms with Crippen LogP contribution in [0.25, 0.3) is 0 Å². The van der Waals surface area contributed by atoms with Gasteiger partial charge in [-0.3, -0.25) is 4.55 Å². The van der Waals surface area contributed by atoms with Crippen molar-refractivity contribution < 1.29 is 13.0 Å². The smallest absolute Gasteiger partial charge is 0.282 e. The Labute approximate surface area is 104 Å². The molecule has 6 nitrogen and oxygen atoms in total. The van der Waals surface area contributed by atoms with Crippen molar-refractivity contribution in [3.63, 3.8) is 0 Å². The van der Waals surface area contributed by atoms with Crippen molar-refractivity contribution in [3.05, 3.63) is 48.7 Å². The molecule has 1 aromatic heterocycles. The highest BCUT2D eigenvalue weighted by atomic mass is 32.2. The number of rotatable bonds is 3. The lowest BCUT2D eigenvalue weighted by molar-refractivity contribution is 0.483. The van der Waals surface area contributed by atoms with Crippen molar-refractivity contribution in [2.75, 3.05) is 0 Å². The van der Waals surface area contributed by atoms with Gasteiger partial charge in [-0.25, -0.2) is 4.98 Å².